The number of rotatable bonds is 5. The summed E-state index contributed by atoms with van der Waals surface area (Å²) in [7, 11) is 0. The second kappa shape index (κ2) is 7.85. The van der Waals surface area contributed by atoms with Gasteiger partial charge in [0, 0.05) is 62.6 Å². The minimum Gasteiger partial charge on any atom is -0.370 e. The molecule has 2 aromatic rings. The first kappa shape index (κ1) is 19.4. The quantitative estimate of drug-likeness (QED) is 0.847. The molecule has 1 aromatic heterocycles. The number of amides is 2. The van der Waals surface area contributed by atoms with Crippen molar-refractivity contribution in [1.82, 2.24) is 9.88 Å². The zero-order valence-electron chi connectivity index (χ0n) is 17.1. The van der Waals surface area contributed by atoms with Gasteiger partial charge >= 0.3 is 0 Å². The van der Waals surface area contributed by atoms with Crippen LogP contribution in [-0.2, 0) is 11.2 Å². The Morgan fingerprint density at radius 2 is 1.69 bits per heavy atom. The van der Waals surface area contributed by atoms with E-state index in [-0.39, 0.29) is 11.8 Å². The SMILES string of the molecule is Cc1cccc(C)c1C(=O)N1CC2CN(c3cccnc3CCC(N)=O)CC2C1. The van der Waals surface area contributed by atoms with Crippen molar-refractivity contribution < 1.29 is 9.59 Å². The van der Waals surface area contributed by atoms with Gasteiger partial charge in [-0.25, -0.2) is 0 Å². The minimum absolute atomic E-state index is 0.157. The van der Waals surface area contributed by atoms with Crippen LogP contribution >= 0.6 is 0 Å². The first-order valence-electron chi connectivity index (χ1n) is 10.3. The van der Waals surface area contributed by atoms with E-state index in [0.717, 1.165) is 54.3 Å². The van der Waals surface area contributed by atoms with Crippen LogP contribution in [0.3, 0.4) is 0 Å². The second-order valence-corrected chi connectivity index (χ2v) is 8.34. The van der Waals surface area contributed by atoms with Gasteiger partial charge < -0.3 is 15.5 Å². The van der Waals surface area contributed by atoms with Crippen LogP contribution in [0.2, 0.25) is 0 Å². The number of pyridine rings is 1. The molecule has 3 heterocycles. The highest BCUT2D eigenvalue weighted by atomic mass is 16.2. The summed E-state index contributed by atoms with van der Waals surface area (Å²) in [4.78, 5) is 33.2. The molecule has 152 valence electrons. The third kappa shape index (κ3) is 3.84. The van der Waals surface area contributed by atoms with Crippen molar-refractivity contribution in [3.05, 3.63) is 58.9 Å². The van der Waals surface area contributed by atoms with Crippen molar-refractivity contribution in [2.24, 2.45) is 17.6 Å². The number of anilines is 1. The Hall–Kier alpha value is -2.89. The molecular formula is C23H28N4O2. The fraction of sp³-hybridized carbons (Fsp3) is 0.435. The first-order valence-corrected chi connectivity index (χ1v) is 10.3. The molecule has 2 aliphatic heterocycles. The van der Waals surface area contributed by atoms with Crippen LogP contribution in [0.4, 0.5) is 5.69 Å². The van der Waals surface area contributed by atoms with Gasteiger partial charge in [-0.3, -0.25) is 14.6 Å². The Kier molecular flexibility index (Phi) is 5.26. The first-order chi connectivity index (χ1) is 13.9. The normalized spacial score (nSPS) is 20.8. The number of carbonyl (C=O) groups is 2. The number of hydrogen-bond donors (Lipinski definition) is 1. The molecule has 2 unspecified atom stereocenters. The fourth-order valence-electron chi connectivity index (χ4n) is 4.82. The van der Waals surface area contributed by atoms with E-state index in [2.05, 4.69) is 16.0 Å². The van der Waals surface area contributed by atoms with Gasteiger partial charge in [0.05, 0.1) is 11.4 Å². The van der Waals surface area contributed by atoms with Crippen LogP contribution in [0, 0.1) is 25.7 Å². The minimum atomic E-state index is -0.305. The number of benzene rings is 1. The lowest BCUT2D eigenvalue weighted by Gasteiger charge is -2.25. The van der Waals surface area contributed by atoms with E-state index >= 15 is 0 Å². The molecule has 0 bridgehead atoms. The van der Waals surface area contributed by atoms with Crippen LogP contribution in [0.5, 0.6) is 0 Å². The predicted octanol–water partition coefficient (Wildman–Crippen LogP) is 2.32. The highest BCUT2D eigenvalue weighted by molar-refractivity contribution is 5.97. The molecule has 6 heteroatoms. The number of likely N-dealkylation sites (tertiary alicyclic amines) is 1. The lowest BCUT2D eigenvalue weighted by molar-refractivity contribution is -0.118. The molecule has 0 radical (unpaired) electrons. The van der Waals surface area contributed by atoms with Crippen LogP contribution < -0.4 is 10.6 Å². The summed E-state index contributed by atoms with van der Waals surface area (Å²) < 4.78 is 0. The maximum absolute atomic E-state index is 13.1. The average Bonchev–Trinajstić information content (AvgIpc) is 3.25. The smallest absolute Gasteiger partial charge is 0.254 e. The Morgan fingerprint density at radius 1 is 1.03 bits per heavy atom. The summed E-state index contributed by atoms with van der Waals surface area (Å²) >= 11 is 0. The van der Waals surface area contributed by atoms with Gasteiger partial charge in [0.15, 0.2) is 0 Å². The zero-order valence-corrected chi connectivity index (χ0v) is 17.1. The predicted molar refractivity (Wildman–Crippen MR) is 113 cm³/mol. The molecule has 6 nitrogen and oxygen atoms in total. The van der Waals surface area contributed by atoms with E-state index in [1.165, 1.54) is 0 Å². The number of nitrogens with zero attached hydrogens (tertiary/aromatic N) is 3. The van der Waals surface area contributed by atoms with Crippen LogP contribution in [0.25, 0.3) is 0 Å². The summed E-state index contributed by atoms with van der Waals surface area (Å²) in [5.74, 6) is 0.783. The van der Waals surface area contributed by atoms with E-state index in [1.807, 2.05) is 43.0 Å². The largest absolute Gasteiger partial charge is 0.370 e. The molecule has 29 heavy (non-hydrogen) atoms. The van der Waals surface area contributed by atoms with E-state index < -0.39 is 0 Å². The molecule has 0 saturated carbocycles. The Morgan fingerprint density at radius 3 is 2.31 bits per heavy atom. The number of nitrogens with two attached hydrogens (primary N) is 1. The van der Waals surface area contributed by atoms with Gasteiger partial charge in [0.25, 0.3) is 5.91 Å². The van der Waals surface area contributed by atoms with Gasteiger partial charge in [0.1, 0.15) is 0 Å². The standard InChI is InChI=1S/C23H28N4O2/c1-15-5-3-6-16(2)22(15)23(29)27-13-17-11-26(12-18(17)14-27)20-7-4-10-25-19(20)8-9-21(24)28/h3-7,10,17-18H,8-9,11-14H2,1-2H3,(H2,24,28). The van der Waals surface area contributed by atoms with Crippen LogP contribution in [-0.4, -0.2) is 47.9 Å². The lowest BCUT2D eigenvalue weighted by Crippen LogP contribution is -2.34. The number of carbonyl (C=O) groups excluding carboxylic acids is 2. The molecule has 4 rings (SSSR count). The number of fused-ring (bicyclic) bond motifs is 1. The summed E-state index contributed by atoms with van der Waals surface area (Å²) in [6.07, 6.45) is 2.64. The van der Waals surface area contributed by atoms with Crippen molar-refractivity contribution in [3.63, 3.8) is 0 Å². The molecule has 2 aliphatic rings. The molecule has 0 aliphatic carbocycles. The maximum atomic E-state index is 13.1. The second-order valence-electron chi connectivity index (χ2n) is 8.34. The molecule has 1 aromatic carbocycles. The van der Waals surface area contributed by atoms with E-state index in [1.54, 1.807) is 6.20 Å². The van der Waals surface area contributed by atoms with Crippen molar-refractivity contribution in [1.29, 1.82) is 0 Å². The van der Waals surface area contributed by atoms with Gasteiger partial charge in [-0.1, -0.05) is 18.2 Å². The topological polar surface area (TPSA) is 79.5 Å². The monoisotopic (exact) mass is 392 g/mol. The summed E-state index contributed by atoms with van der Waals surface area (Å²) in [5, 5.41) is 0. The van der Waals surface area contributed by atoms with Gasteiger partial charge in [-0.15, -0.1) is 0 Å². The number of hydrogen-bond acceptors (Lipinski definition) is 4. The zero-order chi connectivity index (χ0) is 20.5. The molecule has 2 amide bonds. The van der Waals surface area contributed by atoms with Crippen molar-refractivity contribution in [3.8, 4) is 0 Å². The summed E-state index contributed by atoms with van der Waals surface area (Å²) in [5.41, 5.74) is 10.3. The molecule has 0 spiro atoms. The van der Waals surface area contributed by atoms with Crippen molar-refractivity contribution in [2.75, 3.05) is 31.1 Å². The van der Waals surface area contributed by atoms with Crippen LogP contribution in [0.15, 0.2) is 36.5 Å². The fourth-order valence-corrected chi connectivity index (χ4v) is 4.82. The molecular weight excluding hydrogens is 364 g/mol. The number of aromatic nitrogens is 1. The van der Waals surface area contributed by atoms with Gasteiger partial charge in [-0.05, 0) is 37.1 Å². The molecule has 2 fully saturated rings. The Bertz CT molecular complexity index is 908. The molecule has 2 N–H and O–H groups in total. The van der Waals surface area contributed by atoms with Crippen molar-refractivity contribution >= 4 is 17.5 Å². The third-order valence-corrected chi connectivity index (χ3v) is 6.28. The lowest BCUT2D eigenvalue weighted by atomic mass is 10.0. The number of primary amides is 1. The maximum Gasteiger partial charge on any atom is 0.254 e. The average molecular weight is 393 g/mol. The summed E-state index contributed by atoms with van der Waals surface area (Å²) in [6, 6.07) is 10.0. The third-order valence-electron chi connectivity index (χ3n) is 6.28. The van der Waals surface area contributed by atoms with Gasteiger partial charge in [0.2, 0.25) is 5.91 Å². The van der Waals surface area contributed by atoms with Crippen molar-refractivity contribution in [2.45, 2.75) is 26.7 Å². The van der Waals surface area contributed by atoms with Gasteiger partial charge in [-0.2, -0.15) is 0 Å². The Labute approximate surface area is 171 Å². The molecule has 2 atom stereocenters. The summed E-state index contributed by atoms with van der Waals surface area (Å²) in [6.45, 7) is 7.44. The molecule has 2 saturated heterocycles. The highest BCUT2D eigenvalue weighted by Crippen LogP contribution is 2.36. The Balaban J connectivity index is 1.45. The van der Waals surface area contributed by atoms with E-state index in [0.29, 0.717) is 24.7 Å². The highest BCUT2D eigenvalue weighted by Gasteiger charge is 2.42. The van der Waals surface area contributed by atoms with E-state index in [4.69, 9.17) is 5.73 Å². The number of aryl methyl sites for hydroxylation is 3. The van der Waals surface area contributed by atoms with E-state index in [9.17, 15) is 9.59 Å². The van der Waals surface area contributed by atoms with Crippen LogP contribution in [0.1, 0.15) is 33.6 Å².